The fraction of sp³-hybridized carbons (Fsp3) is 0.444. The van der Waals surface area contributed by atoms with Gasteiger partial charge in [0.05, 0.1) is 17.5 Å². The smallest absolute Gasteiger partial charge is 0.475 e. The number of aromatic nitrogens is 3. The predicted molar refractivity (Wildman–Crippen MR) is 159 cm³/mol. The molecular weight excluding hydrogens is 619 g/mol. The molecule has 18 heteroatoms. The van der Waals surface area contributed by atoms with Crippen LogP contribution in [0.2, 0.25) is 0 Å². The number of carbonyl (C=O) groups excluding carboxylic acids is 3. The molecule has 2 aliphatic rings. The van der Waals surface area contributed by atoms with E-state index < -0.39 is 17.7 Å². The summed E-state index contributed by atoms with van der Waals surface area (Å²) in [5, 5.41) is 25.2. The summed E-state index contributed by atoms with van der Waals surface area (Å²) in [5.41, 5.74) is 0.425. The van der Waals surface area contributed by atoms with Crippen molar-refractivity contribution in [2.75, 3.05) is 39.0 Å². The number of benzene rings is 1. The number of anilines is 1. The Labute approximate surface area is 259 Å². The topological polar surface area (TPSA) is 174 Å². The van der Waals surface area contributed by atoms with Gasteiger partial charge in [-0.1, -0.05) is 23.4 Å². The summed E-state index contributed by atoms with van der Waals surface area (Å²) in [6, 6.07) is 7.26. The van der Waals surface area contributed by atoms with Gasteiger partial charge in [-0.3, -0.25) is 19.9 Å². The summed E-state index contributed by atoms with van der Waals surface area (Å²) in [6.07, 6.45) is -2.41. The van der Waals surface area contributed by atoms with E-state index in [-0.39, 0.29) is 17.8 Å². The Morgan fingerprint density at radius 1 is 1.18 bits per heavy atom. The van der Waals surface area contributed by atoms with E-state index in [1.165, 1.54) is 11.3 Å². The van der Waals surface area contributed by atoms with Gasteiger partial charge in [0.25, 0.3) is 11.8 Å². The molecule has 1 saturated heterocycles. The van der Waals surface area contributed by atoms with E-state index in [0.29, 0.717) is 62.0 Å². The molecule has 0 aliphatic carbocycles. The number of carboxylic acids is 1. The van der Waals surface area contributed by atoms with Crippen molar-refractivity contribution in [2.45, 2.75) is 44.6 Å². The van der Waals surface area contributed by atoms with Gasteiger partial charge in [-0.2, -0.15) is 13.2 Å². The largest absolute Gasteiger partial charge is 0.490 e. The molecule has 3 aromatic rings. The number of thiophene rings is 1. The summed E-state index contributed by atoms with van der Waals surface area (Å²) < 4.78 is 34.3. The van der Waals surface area contributed by atoms with E-state index in [9.17, 15) is 27.6 Å². The van der Waals surface area contributed by atoms with Gasteiger partial charge in [0.1, 0.15) is 22.9 Å². The lowest BCUT2D eigenvalue weighted by molar-refractivity contribution is -0.192. The second-order valence-corrected chi connectivity index (χ2v) is 11.6. The molecule has 4 heterocycles. The van der Waals surface area contributed by atoms with Gasteiger partial charge in [-0.05, 0) is 39.9 Å². The molecule has 1 fully saturated rings. The molecule has 4 amide bonds. The number of aliphatic imine (C=N–C) groups is 1. The third-order valence-electron chi connectivity index (χ3n) is 6.90. The second-order valence-electron chi connectivity index (χ2n) is 10.6. The quantitative estimate of drug-likeness (QED) is 0.302. The molecule has 14 nitrogen and oxygen atoms in total. The first-order chi connectivity index (χ1) is 21.2. The molecule has 0 saturated carbocycles. The number of amidine groups is 1. The fourth-order valence-corrected chi connectivity index (χ4v) is 5.95. The van der Waals surface area contributed by atoms with Crippen LogP contribution < -0.4 is 16.0 Å². The number of piperidine rings is 1. The molecule has 5 rings (SSSR count). The molecule has 0 bridgehead atoms. The maximum absolute atomic E-state index is 13.7. The van der Waals surface area contributed by atoms with Gasteiger partial charge in [0.15, 0.2) is 0 Å². The van der Waals surface area contributed by atoms with Crippen molar-refractivity contribution in [3.8, 4) is 0 Å². The molecule has 242 valence electrons. The van der Waals surface area contributed by atoms with Crippen LogP contribution in [-0.4, -0.2) is 105 Å². The number of hydrogen-bond donors (Lipinski definition) is 4. The first kappa shape index (κ1) is 33.3. The Kier molecular flexibility index (Phi) is 10.1. The van der Waals surface area contributed by atoms with Gasteiger partial charge >= 0.3 is 18.2 Å². The number of carboxylic acid groups (broad SMARTS) is 1. The molecule has 2 aliphatic heterocycles. The van der Waals surface area contributed by atoms with E-state index in [1.54, 1.807) is 9.58 Å². The third kappa shape index (κ3) is 7.93. The van der Waals surface area contributed by atoms with Crippen molar-refractivity contribution < 1.29 is 37.5 Å². The molecule has 1 aromatic carbocycles. The first-order valence-corrected chi connectivity index (χ1v) is 14.6. The highest BCUT2D eigenvalue weighted by atomic mass is 32.1. The van der Waals surface area contributed by atoms with Crippen molar-refractivity contribution in [3.05, 3.63) is 41.7 Å². The molecule has 2 aromatic heterocycles. The summed E-state index contributed by atoms with van der Waals surface area (Å²) in [4.78, 5) is 56.3. The number of halogens is 3. The molecule has 1 spiro atoms. The average molecular weight is 652 g/mol. The summed E-state index contributed by atoms with van der Waals surface area (Å²) >= 11 is 1.37. The maximum atomic E-state index is 13.7. The molecule has 4 N–H and O–H groups in total. The Hall–Kier alpha value is -4.58. The van der Waals surface area contributed by atoms with Crippen LogP contribution >= 0.6 is 11.3 Å². The number of likely N-dealkylation sites (tertiary alicyclic amines) is 1. The lowest BCUT2D eigenvalue weighted by Crippen LogP contribution is -2.50. The van der Waals surface area contributed by atoms with Crippen molar-refractivity contribution >= 4 is 56.1 Å². The van der Waals surface area contributed by atoms with E-state index in [0.717, 1.165) is 15.8 Å². The maximum Gasteiger partial charge on any atom is 0.490 e. The van der Waals surface area contributed by atoms with Crippen LogP contribution in [0, 0.1) is 0 Å². The number of amides is 4. The number of aliphatic carboxylic acids is 1. The van der Waals surface area contributed by atoms with Crippen LogP contribution in [0.25, 0.3) is 10.1 Å². The Morgan fingerprint density at radius 3 is 2.47 bits per heavy atom. The first-order valence-electron chi connectivity index (χ1n) is 13.8. The number of nitrogens with one attached hydrogen (secondary N) is 3. The van der Waals surface area contributed by atoms with Gasteiger partial charge in [-0.15, -0.1) is 16.4 Å². The second kappa shape index (κ2) is 13.6. The number of nitrogens with zero attached hydrogens (tertiary/aromatic N) is 6. The average Bonchev–Trinajstić information content (AvgIpc) is 3.63. The van der Waals surface area contributed by atoms with E-state index in [2.05, 4.69) is 26.3 Å². The summed E-state index contributed by atoms with van der Waals surface area (Å²) in [5.74, 6) is -2.52. The number of alkyl halides is 3. The minimum absolute atomic E-state index is 0.146. The van der Waals surface area contributed by atoms with Crippen LogP contribution in [0.1, 0.15) is 35.8 Å². The zero-order valence-electron chi connectivity index (χ0n) is 24.6. The highest BCUT2D eigenvalue weighted by Crippen LogP contribution is 2.38. The highest BCUT2D eigenvalue weighted by Gasteiger charge is 2.46. The normalized spacial score (nSPS) is 15.8. The van der Waals surface area contributed by atoms with E-state index in [1.807, 2.05) is 56.4 Å². The number of fused-ring (bicyclic) bond motifs is 1. The molecule has 0 unspecified atom stereocenters. The van der Waals surface area contributed by atoms with Crippen LogP contribution in [0.5, 0.6) is 0 Å². The number of rotatable bonds is 7. The van der Waals surface area contributed by atoms with E-state index >= 15 is 0 Å². The van der Waals surface area contributed by atoms with Gasteiger partial charge in [-0.25, -0.2) is 14.3 Å². The zero-order chi connectivity index (χ0) is 32.9. The minimum Gasteiger partial charge on any atom is -0.475 e. The van der Waals surface area contributed by atoms with Gasteiger partial charge < -0.3 is 25.5 Å². The molecule has 0 atom stereocenters. The van der Waals surface area contributed by atoms with Gasteiger partial charge in [0, 0.05) is 36.3 Å². The Morgan fingerprint density at radius 2 is 1.84 bits per heavy atom. The van der Waals surface area contributed by atoms with Crippen molar-refractivity contribution in [1.82, 2.24) is 35.4 Å². The van der Waals surface area contributed by atoms with Crippen LogP contribution in [0.15, 0.2) is 35.5 Å². The van der Waals surface area contributed by atoms with Crippen molar-refractivity contribution in [1.29, 1.82) is 0 Å². The fourth-order valence-electron chi connectivity index (χ4n) is 4.86. The molecular formula is C27H32F3N9O5S. The predicted octanol–water partition coefficient (Wildman–Crippen LogP) is 2.53. The third-order valence-corrected chi connectivity index (χ3v) is 7.99. The Balaban J connectivity index is 0.000000591. The minimum atomic E-state index is -5.08. The van der Waals surface area contributed by atoms with Crippen LogP contribution in [0.3, 0.4) is 0 Å². The standard InChI is InChI=1S/C25H31N9O3S.C2HF3O2/c1-4-26-24(37)28-21-20(17-7-5-6-8-18(17)38-21)22(35)33-11-9-25(10-12-33)23(36)27-19(29-25)15-34-14-16(30-31-34)13-32(2)3;3-2(4,5)1(6)7/h5-8,14H,4,9-13,15H2,1-3H3,(H2,26,28,37)(H,27,29,36);(H,6,7). The zero-order valence-corrected chi connectivity index (χ0v) is 25.5. The molecule has 45 heavy (non-hydrogen) atoms. The van der Waals surface area contributed by atoms with Crippen molar-refractivity contribution in [3.63, 3.8) is 0 Å². The lowest BCUT2D eigenvalue weighted by Gasteiger charge is -2.35. The monoisotopic (exact) mass is 651 g/mol. The lowest BCUT2D eigenvalue weighted by atomic mass is 9.87. The summed E-state index contributed by atoms with van der Waals surface area (Å²) in [7, 11) is 3.92. The number of urea groups is 1. The van der Waals surface area contributed by atoms with Crippen molar-refractivity contribution in [2.24, 2.45) is 4.99 Å². The Bertz CT molecular complexity index is 1610. The summed E-state index contributed by atoms with van der Waals surface area (Å²) in [6.45, 7) is 4.07. The number of hydrogen-bond acceptors (Lipinski definition) is 9. The SMILES string of the molecule is CCNC(=O)Nc1sc2ccccc2c1C(=O)N1CCC2(CC1)N=C(Cn1cc(CN(C)C)nn1)NC2=O.O=C(O)C(F)(F)F. The van der Waals surface area contributed by atoms with Gasteiger partial charge in [0.2, 0.25) is 0 Å². The molecule has 0 radical (unpaired) electrons. The highest BCUT2D eigenvalue weighted by molar-refractivity contribution is 7.23. The van der Waals surface area contributed by atoms with Crippen LogP contribution in [0.4, 0.5) is 23.0 Å². The number of carbonyl (C=O) groups is 4. The van der Waals surface area contributed by atoms with Crippen LogP contribution in [-0.2, 0) is 22.7 Å². The van der Waals surface area contributed by atoms with E-state index in [4.69, 9.17) is 14.9 Å².